The molecule has 1 aromatic rings. The maximum atomic E-state index is 12.5. The third kappa shape index (κ3) is 2.46. The summed E-state index contributed by atoms with van der Waals surface area (Å²) in [6.45, 7) is 2.12. The minimum absolute atomic E-state index is 0.254. The van der Waals surface area contributed by atoms with E-state index in [2.05, 4.69) is 6.92 Å². The zero-order chi connectivity index (χ0) is 12.5. The number of hydrogen-bond donors (Lipinski definition) is 1. The van der Waals surface area contributed by atoms with Crippen LogP contribution in [0.2, 0.25) is 0 Å². The first kappa shape index (κ1) is 12.4. The van der Waals surface area contributed by atoms with Gasteiger partial charge in [-0.1, -0.05) is 31.9 Å². The molecular formula is C13H19NO2S. The van der Waals surface area contributed by atoms with Gasteiger partial charge in [0.15, 0.2) is 9.84 Å². The molecule has 17 heavy (non-hydrogen) atoms. The molecule has 0 heterocycles. The number of hydrogen-bond acceptors (Lipinski definition) is 3. The Balaban J connectivity index is 2.33. The predicted octanol–water partition coefficient (Wildman–Crippen LogP) is 2.62. The highest BCUT2D eigenvalue weighted by Gasteiger charge is 2.32. The molecule has 0 amide bonds. The van der Waals surface area contributed by atoms with Crippen molar-refractivity contribution in [3.63, 3.8) is 0 Å². The number of sulfone groups is 1. The van der Waals surface area contributed by atoms with Crippen molar-refractivity contribution < 1.29 is 8.42 Å². The molecule has 3 nitrogen and oxygen atoms in total. The molecular weight excluding hydrogens is 234 g/mol. The molecule has 94 valence electrons. The number of nitrogens with two attached hydrogens (primary N) is 1. The zero-order valence-corrected chi connectivity index (χ0v) is 10.9. The van der Waals surface area contributed by atoms with E-state index < -0.39 is 9.84 Å². The average molecular weight is 253 g/mol. The number of anilines is 1. The van der Waals surface area contributed by atoms with Gasteiger partial charge in [0.25, 0.3) is 0 Å². The van der Waals surface area contributed by atoms with Gasteiger partial charge in [-0.2, -0.15) is 0 Å². The fourth-order valence-corrected chi connectivity index (χ4v) is 4.66. The quantitative estimate of drug-likeness (QED) is 0.824. The summed E-state index contributed by atoms with van der Waals surface area (Å²) in [5.41, 5.74) is 6.14. The molecule has 0 aliphatic heterocycles. The van der Waals surface area contributed by atoms with Crippen LogP contribution < -0.4 is 5.73 Å². The van der Waals surface area contributed by atoms with Gasteiger partial charge in [-0.25, -0.2) is 8.42 Å². The second-order valence-corrected chi connectivity index (χ2v) is 7.17. The molecule has 1 fully saturated rings. The Bertz CT molecular complexity index is 496. The molecule has 1 aliphatic carbocycles. The lowest BCUT2D eigenvalue weighted by Crippen LogP contribution is -2.28. The van der Waals surface area contributed by atoms with Crippen LogP contribution in [0.4, 0.5) is 5.69 Å². The standard InChI is InChI=1S/C13H19NO2S/c1-10-5-4-6-11(9-10)17(15,16)13-8-3-2-7-12(13)14/h2-3,7-8,10-11H,4-6,9,14H2,1H3. The number of benzene rings is 1. The van der Waals surface area contributed by atoms with Crippen molar-refractivity contribution in [1.29, 1.82) is 0 Å². The third-order valence-corrected chi connectivity index (χ3v) is 5.84. The van der Waals surface area contributed by atoms with Crippen LogP contribution in [-0.2, 0) is 9.84 Å². The number of rotatable bonds is 2. The van der Waals surface area contributed by atoms with E-state index in [4.69, 9.17) is 5.73 Å². The first-order valence-electron chi connectivity index (χ1n) is 6.10. The van der Waals surface area contributed by atoms with Crippen LogP contribution in [-0.4, -0.2) is 13.7 Å². The Morgan fingerprint density at radius 1 is 1.24 bits per heavy atom. The minimum atomic E-state index is -3.25. The van der Waals surface area contributed by atoms with E-state index >= 15 is 0 Å². The largest absolute Gasteiger partial charge is 0.398 e. The summed E-state index contributed by atoms with van der Waals surface area (Å²) in [6.07, 6.45) is 3.66. The summed E-state index contributed by atoms with van der Waals surface area (Å²) in [6, 6.07) is 6.76. The zero-order valence-electron chi connectivity index (χ0n) is 10.1. The van der Waals surface area contributed by atoms with Crippen LogP contribution in [0, 0.1) is 5.92 Å². The van der Waals surface area contributed by atoms with Gasteiger partial charge in [0, 0.05) is 0 Å². The summed E-state index contributed by atoms with van der Waals surface area (Å²) in [7, 11) is -3.25. The van der Waals surface area contributed by atoms with Crippen molar-refractivity contribution in [2.45, 2.75) is 42.8 Å². The Morgan fingerprint density at radius 3 is 2.59 bits per heavy atom. The molecule has 0 spiro atoms. The van der Waals surface area contributed by atoms with Crippen molar-refractivity contribution >= 4 is 15.5 Å². The second-order valence-electron chi connectivity index (χ2n) is 4.98. The first-order chi connectivity index (χ1) is 8.01. The number of nitrogen functional groups attached to an aromatic ring is 1. The minimum Gasteiger partial charge on any atom is -0.398 e. The Labute approximate surface area is 103 Å². The van der Waals surface area contributed by atoms with Gasteiger partial charge in [-0.3, -0.25) is 0 Å². The van der Waals surface area contributed by atoms with Crippen molar-refractivity contribution in [1.82, 2.24) is 0 Å². The Morgan fingerprint density at radius 2 is 1.94 bits per heavy atom. The van der Waals surface area contributed by atoms with Gasteiger partial charge in [-0.15, -0.1) is 0 Å². The smallest absolute Gasteiger partial charge is 0.183 e. The summed E-state index contributed by atoms with van der Waals surface area (Å²) in [5.74, 6) is 0.494. The molecule has 1 aromatic carbocycles. The molecule has 4 heteroatoms. The van der Waals surface area contributed by atoms with Gasteiger partial charge in [0.2, 0.25) is 0 Å². The van der Waals surface area contributed by atoms with Crippen molar-refractivity contribution in [3.05, 3.63) is 24.3 Å². The summed E-state index contributed by atoms with van der Waals surface area (Å²) >= 11 is 0. The van der Waals surface area contributed by atoms with Crippen molar-refractivity contribution in [2.24, 2.45) is 5.92 Å². The van der Waals surface area contributed by atoms with Crippen LogP contribution in [0.15, 0.2) is 29.2 Å². The lowest BCUT2D eigenvalue weighted by atomic mass is 9.91. The van der Waals surface area contributed by atoms with Gasteiger partial charge in [0.1, 0.15) is 0 Å². The fraction of sp³-hybridized carbons (Fsp3) is 0.538. The van der Waals surface area contributed by atoms with Gasteiger partial charge in [0.05, 0.1) is 15.8 Å². The van der Waals surface area contributed by atoms with Gasteiger partial charge >= 0.3 is 0 Å². The van der Waals surface area contributed by atoms with E-state index in [1.807, 2.05) is 0 Å². The lowest BCUT2D eigenvalue weighted by molar-refractivity contribution is 0.382. The van der Waals surface area contributed by atoms with Crippen molar-refractivity contribution in [2.75, 3.05) is 5.73 Å². The molecule has 2 rings (SSSR count). The highest BCUT2D eigenvalue weighted by molar-refractivity contribution is 7.92. The second kappa shape index (κ2) is 4.69. The topological polar surface area (TPSA) is 60.2 Å². The molecule has 0 radical (unpaired) electrons. The maximum absolute atomic E-state index is 12.5. The fourth-order valence-electron chi connectivity index (χ4n) is 2.58. The SMILES string of the molecule is CC1CCCC(S(=O)(=O)c2ccccc2N)C1. The van der Waals surface area contributed by atoms with Crippen LogP contribution in [0.3, 0.4) is 0 Å². The Hall–Kier alpha value is -1.03. The van der Waals surface area contributed by atoms with Crippen LogP contribution in [0.25, 0.3) is 0 Å². The predicted molar refractivity (Wildman–Crippen MR) is 69.5 cm³/mol. The molecule has 2 unspecified atom stereocenters. The maximum Gasteiger partial charge on any atom is 0.183 e. The molecule has 2 atom stereocenters. The third-order valence-electron chi connectivity index (χ3n) is 3.55. The van der Waals surface area contributed by atoms with Crippen molar-refractivity contribution in [3.8, 4) is 0 Å². The first-order valence-corrected chi connectivity index (χ1v) is 7.65. The molecule has 0 aromatic heterocycles. The van der Waals surface area contributed by atoms with E-state index in [-0.39, 0.29) is 5.25 Å². The van der Waals surface area contributed by atoms with Crippen LogP contribution in [0.1, 0.15) is 32.6 Å². The molecule has 0 bridgehead atoms. The average Bonchev–Trinajstić information content (AvgIpc) is 2.29. The highest BCUT2D eigenvalue weighted by atomic mass is 32.2. The molecule has 2 N–H and O–H groups in total. The number of para-hydroxylation sites is 1. The normalized spacial score (nSPS) is 25.7. The Kier molecular flexibility index (Phi) is 3.43. The van der Waals surface area contributed by atoms with Crippen LogP contribution >= 0.6 is 0 Å². The van der Waals surface area contributed by atoms with Crippen LogP contribution in [0.5, 0.6) is 0 Å². The van der Waals surface area contributed by atoms with E-state index in [1.165, 1.54) is 0 Å². The monoisotopic (exact) mass is 253 g/mol. The van der Waals surface area contributed by atoms with E-state index in [0.717, 1.165) is 25.7 Å². The van der Waals surface area contributed by atoms with Gasteiger partial charge < -0.3 is 5.73 Å². The molecule has 1 saturated carbocycles. The molecule has 1 aliphatic rings. The van der Waals surface area contributed by atoms with E-state index in [1.54, 1.807) is 24.3 Å². The molecule has 0 saturated heterocycles. The van der Waals surface area contributed by atoms with E-state index in [0.29, 0.717) is 16.5 Å². The summed E-state index contributed by atoms with van der Waals surface area (Å²) in [5, 5.41) is -0.254. The lowest BCUT2D eigenvalue weighted by Gasteiger charge is -2.26. The van der Waals surface area contributed by atoms with Gasteiger partial charge in [-0.05, 0) is 30.9 Å². The highest BCUT2D eigenvalue weighted by Crippen LogP contribution is 2.33. The van der Waals surface area contributed by atoms with E-state index in [9.17, 15) is 8.42 Å². The summed E-state index contributed by atoms with van der Waals surface area (Å²) in [4.78, 5) is 0.305. The summed E-state index contributed by atoms with van der Waals surface area (Å²) < 4.78 is 24.9.